The average molecular weight is 228 g/mol. The van der Waals surface area contributed by atoms with E-state index in [2.05, 4.69) is 6.58 Å². The van der Waals surface area contributed by atoms with Crippen molar-refractivity contribution >= 4 is 12.0 Å². The van der Waals surface area contributed by atoms with Crippen molar-refractivity contribution in [3.63, 3.8) is 0 Å². The summed E-state index contributed by atoms with van der Waals surface area (Å²) in [7, 11) is 0. The number of hydrogen-bond donors (Lipinski definition) is 0. The molecule has 0 saturated heterocycles. The minimum Gasteiger partial charge on any atom is -0.431 e. The van der Waals surface area contributed by atoms with Gasteiger partial charge in [0.1, 0.15) is 0 Å². The lowest BCUT2D eigenvalue weighted by molar-refractivity contribution is -0.133. The normalized spacial score (nSPS) is 11.5. The van der Waals surface area contributed by atoms with Gasteiger partial charge in [-0.2, -0.15) is 0 Å². The van der Waals surface area contributed by atoms with Gasteiger partial charge in [0, 0.05) is 5.57 Å². The van der Waals surface area contributed by atoms with Gasteiger partial charge in [0.25, 0.3) is 0 Å². The topological polar surface area (TPSA) is 26.3 Å². The van der Waals surface area contributed by atoms with Crippen LogP contribution in [0.5, 0.6) is 0 Å². The molecule has 0 amide bonds. The van der Waals surface area contributed by atoms with E-state index in [1.165, 1.54) is 6.26 Å². The summed E-state index contributed by atoms with van der Waals surface area (Å²) in [5.41, 5.74) is 1.58. The summed E-state index contributed by atoms with van der Waals surface area (Å²) in [5.74, 6) is -0.334. The number of carbonyl (C=O) groups excluding carboxylic acids is 1. The van der Waals surface area contributed by atoms with Crippen LogP contribution >= 0.6 is 0 Å². The van der Waals surface area contributed by atoms with Crippen LogP contribution in [0, 0.1) is 0 Å². The summed E-state index contributed by atoms with van der Waals surface area (Å²) >= 11 is 0. The number of rotatable bonds is 5. The summed E-state index contributed by atoms with van der Waals surface area (Å²) in [5, 5.41) is 0. The predicted octanol–water partition coefficient (Wildman–Crippen LogP) is 3.72. The van der Waals surface area contributed by atoms with Gasteiger partial charge in [-0.05, 0) is 25.0 Å². The molecule has 17 heavy (non-hydrogen) atoms. The second-order valence-corrected chi connectivity index (χ2v) is 3.53. The van der Waals surface area contributed by atoms with Crippen molar-refractivity contribution in [2.45, 2.75) is 13.3 Å². The molecule has 88 valence electrons. The number of carbonyl (C=O) groups is 1. The van der Waals surface area contributed by atoms with Crippen molar-refractivity contribution in [3.05, 3.63) is 66.5 Å². The lowest BCUT2D eigenvalue weighted by atomic mass is 10.2. The molecule has 0 N–H and O–H groups in total. The van der Waals surface area contributed by atoms with Crippen LogP contribution in [0.4, 0.5) is 0 Å². The van der Waals surface area contributed by atoms with Crippen LogP contribution < -0.4 is 0 Å². The maximum Gasteiger partial charge on any atom is 0.338 e. The summed E-state index contributed by atoms with van der Waals surface area (Å²) < 4.78 is 4.98. The van der Waals surface area contributed by atoms with E-state index < -0.39 is 0 Å². The molecule has 2 nitrogen and oxygen atoms in total. The van der Waals surface area contributed by atoms with E-state index in [-0.39, 0.29) is 5.97 Å². The standard InChI is InChI=1S/C15H16O2/c1-3-4-8-13(2)15(16)17-12-11-14-9-6-5-7-10-14/h3,5-12H,1,4H2,2H3. The molecule has 0 radical (unpaired) electrons. The van der Waals surface area contributed by atoms with Gasteiger partial charge in [-0.1, -0.05) is 42.5 Å². The third kappa shape index (κ3) is 4.98. The van der Waals surface area contributed by atoms with Gasteiger partial charge < -0.3 is 4.74 Å². The molecule has 0 saturated carbocycles. The fourth-order valence-electron chi connectivity index (χ4n) is 1.17. The van der Waals surface area contributed by atoms with Crippen LogP contribution in [0.15, 0.2) is 60.9 Å². The summed E-state index contributed by atoms with van der Waals surface area (Å²) in [4.78, 5) is 11.5. The fraction of sp³-hybridized carbons (Fsp3) is 0.133. The van der Waals surface area contributed by atoms with Crippen molar-refractivity contribution in [1.29, 1.82) is 0 Å². The molecule has 0 bridgehead atoms. The van der Waals surface area contributed by atoms with Gasteiger partial charge in [-0.15, -0.1) is 6.58 Å². The maximum atomic E-state index is 11.5. The Bertz CT molecular complexity index is 427. The van der Waals surface area contributed by atoms with Gasteiger partial charge in [0.2, 0.25) is 0 Å². The molecule has 0 aliphatic rings. The third-order valence-electron chi connectivity index (χ3n) is 2.15. The molecule has 0 aliphatic heterocycles. The van der Waals surface area contributed by atoms with E-state index in [0.717, 1.165) is 5.56 Å². The third-order valence-corrected chi connectivity index (χ3v) is 2.15. The molecule has 2 heteroatoms. The van der Waals surface area contributed by atoms with Gasteiger partial charge in [0.15, 0.2) is 0 Å². The Morgan fingerprint density at radius 1 is 1.35 bits per heavy atom. The van der Waals surface area contributed by atoms with Crippen molar-refractivity contribution in [2.75, 3.05) is 0 Å². The summed E-state index contributed by atoms with van der Waals surface area (Å²) in [6, 6.07) is 9.66. The minimum absolute atomic E-state index is 0.334. The van der Waals surface area contributed by atoms with Crippen LogP contribution in [-0.2, 0) is 9.53 Å². The smallest absolute Gasteiger partial charge is 0.338 e. The first-order valence-corrected chi connectivity index (χ1v) is 5.44. The monoisotopic (exact) mass is 228 g/mol. The quantitative estimate of drug-likeness (QED) is 0.332. The van der Waals surface area contributed by atoms with Crippen molar-refractivity contribution in [1.82, 2.24) is 0 Å². The average Bonchev–Trinajstić information content (AvgIpc) is 2.37. The van der Waals surface area contributed by atoms with Gasteiger partial charge in [-0.3, -0.25) is 0 Å². The molecule has 1 rings (SSSR count). The number of ether oxygens (including phenoxy) is 1. The van der Waals surface area contributed by atoms with Gasteiger partial charge >= 0.3 is 5.97 Å². The Morgan fingerprint density at radius 3 is 2.71 bits per heavy atom. The molecule has 1 aromatic rings. The lowest BCUT2D eigenvalue weighted by Gasteiger charge is -1.98. The van der Waals surface area contributed by atoms with E-state index in [1.54, 1.807) is 25.2 Å². The first-order chi connectivity index (χ1) is 8.24. The molecule has 0 spiro atoms. The molecule has 0 fully saturated rings. The van der Waals surface area contributed by atoms with E-state index in [9.17, 15) is 4.79 Å². The fourth-order valence-corrected chi connectivity index (χ4v) is 1.17. The van der Waals surface area contributed by atoms with E-state index in [1.807, 2.05) is 30.3 Å². The van der Waals surface area contributed by atoms with Crippen LogP contribution in [0.3, 0.4) is 0 Å². The van der Waals surface area contributed by atoms with Gasteiger partial charge in [0.05, 0.1) is 6.26 Å². The number of allylic oxidation sites excluding steroid dienone is 2. The van der Waals surface area contributed by atoms with E-state index in [4.69, 9.17) is 4.74 Å². The van der Waals surface area contributed by atoms with E-state index >= 15 is 0 Å². The number of hydrogen-bond acceptors (Lipinski definition) is 2. The summed E-state index contributed by atoms with van der Waals surface area (Å²) in [6.07, 6.45) is 7.34. The first kappa shape index (κ1) is 13.0. The zero-order valence-corrected chi connectivity index (χ0v) is 9.93. The second kappa shape index (κ2) is 7.23. The highest BCUT2D eigenvalue weighted by molar-refractivity contribution is 5.88. The highest BCUT2D eigenvalue weighted by Gasteiger charge is 2.01. The highest BCUT2D eigenvalue weighted by atomic mass is 16.5. The van der Waals surface area contributed by atoms with Crippen LogP contribution in [0.2, 0.25) is 0 Å². The largest absolute Gasteiger partial charge is 0.431 e. The molecular weight excluding hydrogens is 212 g/mol. The Balaban J connectivity index is 2.48. The Hall–Kier alpha value is -2.09. The van der Waals surface area contributed by atoms with Crippen LogP contribution in [-0.4, -0.2) is 5.97 Å². The molecular formula is C15H16O2. The molecule has 0 atom stereocenters. The molecule has 0 aromatic heterocycles. The van der Waals surface area contributed by atoms with E-state index in [0.29, 0.717) is 12.0 Å². The predicted molar refractivity (Wildman–Crippen MR) is 70.1 cm³/mol. The maximum absolute atomic E-state index is 11.5. The molecule has 0 heterocycles. The van der Waals surface area contributed by atoms with Gasteiger partial charge in [-0.25, -0.2) is 4.79 Å². The molecule has 0 aliphatic carbocycles. The van der Waals surface area contributed by atoms with Crippen molar-refractivity contribution in [3.8, 4) is 0 Å². The zero-order chi connectivity index (χ0) is 12.5. The summed E-state index contributed by atoms with van der Waals surface area (Å²) in [6.45, 7) is 5.31. The zero-order valence-electron chi connectivity index (χ0n) is 9.93. The Kier molecular flexibility index (Phi) is 5.52. The Morgan fingerprint density at radius 2 is 2.06 bits per heavy atom. The van der Waals surface area contributed by atoms with Crippen LogP contribution in [0.25, 0.3) is 6.08 Å². The number of esters is 1. The molecule has 0 unspecified atom stereocenters. The molecule has 1 aromatic carbocycles. The SMILES string of the molecule is C=CCC=C(C)C(=O)OC=Cc1ccccc1. The minimum atomic E-state index is -0.334. The van der Waals surface area contributed by atoms with Crippen molar-refractivity contribution in [2.24, 2.45) is 0 Å². The van der Waals surface area contributed by atoms with Crippen molar-refractivity contribution < 1.29 is 9.53 Å². The number of benzene rings is 1. The van der Waals surface area contributed by atoms with Crippen LogP contribution in [0.1, 0.15) is 18.9 Å². The Labute approximate surface area is 102 Å². The highest BCUT2D eigenvalue weighted by Crippen LogP contribution is 2.03. The lowest BCUT2D eigenvalue weighted by Crippen LogP contribution is -2.00. The second-order valence-electron chi connectivity index (χ2n) is 3.53. The first-order valence-electron chi connectivity index (χ1n) is 5.44.